The number of alkyl carbamates (subject to hydrolysis) is 1. The molecular weight excluding hydrogens is 699 g/mol. The monoisotopic (exact) mass is 755 g/mol. The van der Waals surface area contributed by atoms with Crippen molar-refractivity contribution in [3.05, 3.63) is 66.5 Å². The molecule has 6 rings (SSSR count). The Kier molecular flexibility index (Phi) is 11.7. The molecule has 0 unspecified atom stereocenters. The summed E-state index contributed by atoms with van der Waals surface area (Å²) in [6.45, 7) is 22.0. The summed E-state index contributed by atoms with van der Waals surface area (Å²) >= 11 is 0. The number of nitrogens with one attached hydrogen (secondary N) is 2. The fourth-order valence-corrected chi connectivity index (χ4v) is 7.56. The van der Waals surface area contributed by atoms with E-state index >= 15 is 0 Å². The smallest absolute Gasteiger partial charge is 0.407 e. The maximum atomic E-state index is 13.9. The molecule has 0 spiro atoms. The van der Waals surface area contributed by atoms with Crippen LogP contribution < -0.4 is 20.4 Å². The van der Waals surface area contributed by atoms with Crippen molar-refractivity contribution in [1.29, 1.82) is 0 Å². The molecule has 0 radical (unpaired) electrons. The summed E-state index contributed by atoms with van der Waals surface area (Å²) in [5.41, 5.74) is 4.10. The molecule has 4 heterocycles. The number of nitrogens with zero attached hydrogens (tertiary/aromatic N) is 5. The molecule has 2 aliphatic rings. The normalized spacial score (nSPS) is 16.9. The van der Waals surface area contributed by atoms with Gasteiger partial charge in [0.1, 0.15) is 30.1 Å². The zero-order chi connectivity index (χ0) is 38.7. The third kappa shape index (κ3) is 9.60. The molecule has 12 nitrogen and oxygen atoms in total. The first kappa shape index (κ1) is 39.2. The molecule has 290 valence electrons. The summed E-state index contributed by atoms with van der Waals surface area (Å²) in [5.74, 6) is 0.802. The summed E-state index contributed by atoms with van der Waals surface area (Å²) in [7, 11) is -1.25. The molecule has 1 atom stereocenters. The number of hydrogen-bond acceptors (Lipinski definition) is 9. The Balaban J connectivity index is 1.16. The molecule has 0 bridgehead atoms. The van der Waals surface area contributed by atoms with Crippen LogP contribution >= 0.6 is 0 Å². The second kappa shape index (κ2) is 16.1. The summed E-state index contributed by atoms with van der Waals surface area (Å²) in [6, 6.07) is 19.3. The van der Waals surface area contributed by atoms with E-state index in [1.54, 1.807) is 6.33 Å². The summed E-state index contributed by atoms with van der Waals surface area (Å²) in [6.07, 6.45) is 2.06. The van der Waals surface area contributed by atoms with Gasteiger partial charge in [-0.05, 0) is 88.5 Å². The second-order valence-electron chi connectivity index (χ2n) is 17.1. The molecule has 2 fully saturated rings. The van der Waals surface area contributed by atoms with Crippen LogP contribution in [0.2, 0.25) is 25.7 Å². The lowest BCUT2D eigenvalue weighted by atomic mass is 9.83. The summed E-state index contributed by atoms with van der Waals surface area (Å²) in [5, 5.41) is 7.14. The number of amides is 2. The fraction of sp³-hybridized carbons (Fsp3) is 0.512. The van der Waals surface area contributed by atoms with Crippen molar-refractivity contribution in [2.75, 3.05) is 61.1 Å². The zero-order valence-electron chi connectivity index (χ0n) is 33.2. The van der Waals surface area contributed by atoms with Gasteiger partial charge in [-0.2, -0.15) is 0 Å². The summed E-state index contributed by atoms with van der Waals surface area (Å²) in [4.78, 5) is 40.1. The number of hydrogen-bond donors (Lipinski definition) is 2. The lowest BCUT2D eigenvalue weighted by Crippen LogP contribution is -2.40. The average Bonchev–Trinajstić information content (AvgIpc) is 3.74. The third-order valence-corrected chi connectivity index (χ3v) is 11.7. The number of fused-ring (bicyclic) bond motifs is 1. The van der Waals surface area contributed by atoms with Crippen molar-refractivity contribution >= 4 is 48.3 Å². The van der Waals surface area contributed by atoms with E-state index in [4.69, 9.17) is 24.2 Å². The van der Waals surface area contributed by atoms with Crippen molar-refractivity contribution in [1.82, 2.24) is 19.9 Å². The van der Waals surface area contributed by atoms with Gasteiger partial charge in [-0.25, -0.2) is 14.8 Å². The van der Waals surface area contributed by atoms with Crippen molar-refractivity contribution in [3.8, 4) is 11.3 Å². The SMILES string of the molecule is CC(C)(C)OC(=O)N[C@H]1CCN(c2cccc(C(C)(C)C(=O)Nc3ccc(-c4cc5c(N6CCOCC6)ncnc5n4COCC[Si](C)(C)C)cc3)c2)C1. The largest absolute Gasteiger partial charge is 0.444 e. The van der Waals surface area contributed by atoms with E-state index in [0.29, 0.717) is 38.8 Å². The van der Waals surface area contributed by atoms with Gasteiger partial charge >= 0.3 is 6.09 Å². The van der Waals surface area contributed by atoms with E-state index in [1.807, 2.05) is 71.0 Å². The topological polar surface area (TPSA) is 123 Å². The van der Waals surface area contributed by atoms with E-state index in [9.17, 15) is 9.59 Å². The van der Waals surface area contributed by atoms with E-state index in [0.717, 1.165) is 71.5 Å². The number of benzene rings is 2. The number of anilines is 3. The standard InChI is InChI=1S/C41H57N7O5Si/c1-40(2,3)53-39(50)45-32-16-17-47(26-32)33-11-9-10-30(24-33)41(4,5)38(49)44-31-14-12-29(13-15-31)35-25-34-36(46-18-20-51-21-19-46)42-27-43-37(34)48(35)28-52-22-23-54(6,7)8/h9-15,24-25,27,32H,16-23,26,28H2,1-8H3,(H,44,49)(H,45,50)/t32-/m0/s1. The highest BCUT2D eigenvalue weighted by atomic mass is 28.3. The highest BCUT2D eigenvalue weighted by Crippen LogP contribution is 2.34. The molecule has 13 heteroatoms. The quantitative estimate of drug-likeness (QED) is 0.114. The molecule has 0 saturated carbocycles. The molecule has 0 aliphatic carbocycles. The van der Waals surface area contributed by atoms with E-state index < -0.39 is 25.2 Å². The minimum Gasteiger partial charge on any atom is -0.444 e. The van der Waals surface area contributed by atoms with Crippen LogP contribution in [0.25, 0.3) is 22.3 Å². The van der Waals surface area contributed by atoms with Crippen molar-refractivity contribution in [2.45, 2.75) is 90.5 Å². The Bertz CT molecular complexity index is 1930. The number of aromatic nitrogens is 3. The maximum absolute atomic E-state index is 13.9. The number of morpholine rings is 1. The van der Waals surface area contributed by atoms with Crippen LogP contribution in [0.1, 0.15) is 46.6 Å². The molecule has 2 amide bonds. The van der Waals surface area contributed by atoms with Crippen LogP contribution in [0.5, 0.6) is 0 Å². The summed E-state index contributed by atoms with van der Waals surface area (Å²) < 4.78 is 19.5. The molecule has 2 aliphatic heterocycles. The number of ether oxygens (including phenoxy) is 3. The first-order chi connectivity index (χ1) is 25.6. The molecule has 2 N–H and O–H groups in total. The van der Waals surface area contributed by atoms with Crippen LogP contribution in [0.15, 0.2) is 60.9 Å². The average molecular weight is 756 g/mol. The van der Waals surface area contributed by atoms with Crippen LogP contribution in [0.4, 0.5) is 22.0 Å². The van der Waals surface area contributed by atoms with Gasteiger partial charge in [0.05, 0.1) is 35.8 Å². The van der Waals surface area contributed by atoms with Gasteiger partial charge in [0.2, 0.25) is 5.91 Å². The van der Waals surface area contributed by atoms with Crippen molar-refractivity contribution < 1.29 is 23.8 Å². The van der Waals surface area contributed by atoms with E-state index in [2.05, 4.69) is 62.8 Å². The molecule has 2 saturated heterocycles. The predicted molar refractivity (Wildman–Crippen MR) is 218 cm³/mol. The maximum Gasteiger partial charge on any atom is 0.407 e. The van der Waals surface area contributed by atoms with E-state index in [1.165, 1.54) is 0 Å². The minimum absolute atomic E-state index is 0.00808. The highest BCUT2D eigenvalue weighted by Gasteiger charge is 2.32. The van der Waals surface area contributed by atoms with Gasteiger partial charge in [-0.15, -0.1) is 0 Å². The van der Waals surface area contributed by atoms with E-state index in [-0.39, 0.29) is 11.9 Å². The van der Waals surface area contributed by atoms with Gasteiger partial charge in [-0.3, -0.25) is 4.79 Å². The Hall–Kier alpha value is -4.46. The van der Waals surface area contributed by atoms with Crippen LogP contribution in [-0.2, 0) is 31.2 Å². The first-order valence-electron chi connectivity index (χ1n) is 19.1. The van der Waals surface area contributed by atoms with Gasteiger partial charge in [0.25, 0.3) is 0 Å². The molecule has 54 heavy (non-hydrogen) atoms. The Labute approximate surface area is 320 Å². The lowest BCUT2D eigenvalue weighted by Gasteiger charge is -2.28. The number of rotatable bonds is 12. The third-order valence-electron chi connectivity index (χ3n) is 10.0. The van der Waals surface area contributed by atoms with Gasteiger partial charge in [0, 0.05) is 52.2 Å². The Morgan fingerprint density at radius 3 is 2.39 bits per heavy atom. The predicted octanol–water partition coefficient (Wildman–Crippen LogP) is 7.27. The number of carbonyl (C=O) groups is 2. The Morgan fingerprint density at radius 1 is 0.944 bits per heavy atom. The fourth-order valence-electron chi connectivity index (χ4n) is 6.80. The highest BCUT2D eigenvalue weighted by molar-refractivity contribution is 6.76. The van der Waals surface area contributed by atoms with Crippen molar-refractivity contribution in [2.24, 2.45) is 0 Å². The van der Waals surface area contributed by atoms with Crippen molar-refractivity contribution in [3.63, 3.8) is 0 Å². The lowest BCUT2D eigenvalue weighted by molar-refractivity contribution is -0.120. The van der Waals surface area contributed by atoms with Crippen LogP contribution in [0.3, 0.4) is 0 Å². The van der Waals surface area contributed by atoms with Gasteiger partial charge < -0.3 is 39.2 Å². The van der Waals surface area contributed by atoms with Gasteiger partial charge in [-0.1, -0.05) is 43.9 Å². The van der Waals surface area contributed by atoms with Crippen LogP contribution in [-0.4, -0.2) is 92.3 Å². The first-order valence-corrected chi connectivity index (χ1v) is 22.8. The molecular formula is C41H57N7O5Si. The number of carbonyl (C=O) groups excluding carboxylic acids is 2. The molecule has 2 aromatic heterocycles. The Morgan fingerprint density at radius 2 is 1.69 bits per heavy atom. The van der Waals surface area contributed by atoms with Crippen LogP contribution in [0, 0.1) is 0 Å². The second-order valence-corrected chi connectivity index (χ2v) is 22.7. The minimum atomic E-state index is -1.25. The molecule has 4 aromatic rings. The zero-order valence-corrected chi connectivity index (χ0v) is 34.2. The van der Waals surface area contributed by atoms with Gasteiger partial charge in [0.15, 0.2) is 0 Å². The molecule has 2 aromatic carbocycles.